The molecule has 0 unspecified atom stereocenters. The molecular weight excluding hydrogens is 582 g/mol. The highest BCUT2D eigenvalue weighted by atomic mass is 35.5. The Kier molecular flexibility index (Phi) is 10.6. The van der Waals surface area contributed by atoms with E-state index in [4.69, 9.17) is 11.6 Å². The van der Waals surface area contributed by atoms with Crippen LogP contribution in [0.5, 0.6) is 0 Å². The quantitative estimate of drug-likeness (QED) is 0.214. The van der Waals surface area contributed by atoms with Crippen molar-refractivity contribution < 1.29 is 18.0 Å². The first-order valence-electron chi connectivity index (χ1n) is 14.1. The lowest BCUT2D eigenvalue weighted by Crippen LogP contribution is -2.53. The zero-order chi connectivity index (χ0) is 31.0. The Morgan fingerprint density at radius 1 is 0.837 bits per heavy atom. The lowest BCUT2D eigenvalue weighted by Gasteiger charge is -2.34. The monoisotopic (exact) mass is 617 g/mol. The van der Waals surface area contributed by atoms with Crippen LogP contribution in [0.1, 0.15) is 29.2 Å². The summed E-state index contributed by atoms with van der Waals surface area (Å²) in [6.07, 6.45) is 0.256. The summed E-state index contributed by atoms with van der Waals surface area (Å²) >= 11 is 6.43. The highest BCUT2D eigenvalue weighted by molar-refractivity contribution is 7.92. The van der Waals surface area contributed by atoms with Crippen molar-refractivity contribution in [1.29, 1.82) is 0 Å². The number of nitrogens with zero attached hydrogens (tertiary/aromatic N) is 2. The van der Waals surface area contributed by atoms with Gasteiger partial charge in [-0.15, -0.1) is 0 Å². The van der Waals surface area contributed by atoms with E-state index >= 15 is 0 Å². The van der Waals surface area contributed by atoms with Crippen LogP contribution in [0.2, 0.25) is 5.02 Å². The molecule has 0 aromatic heterocycles. The molecule has 4 rings (SSSR count). The number of benzene rings is 4. The van der Waals surface area contributed by atoms with E-state index in [0.717, 1.165) is 21.0 Å². The van der Waals surface area contributed by atoms with Crippen molar-refractivity contribution in [1.82, 2.24) is 10.2 Å². The van der Waals surface area contributed by atoms with E-state index in [2.05, 4.69) is 5.32 Å². The lowest BCUT2D eigenvalue weighted by molar-refractivity contribution is -0.140. The fraction of sp³-hybridized carbons (Fsp3) is 0.235. The second kappa shape index (κ2) is 14.4. The van der Waals surface area contributed by atoms with Crippen molar-refractivity contribution in [2.24, 2.45) is 0 Å². The number of rotatable bonds is 12. The summed E-state index contributed by atoms with van der Waals surface area (Å²) in [5.74, 6) is -0.834. The molecule has 1 atom stereocenters. The smallest absolute Gasteiger partial charge is 0.264 e. The molecule has 0 aliphatic rings. The average Bonchev–Trinajstić information content (AvgIpc) is 3.01. The first kappa shape index (κ1) is 31.8. The Morgan fingerprint density at radius 3 is 2.12 bits per heavy atom. The molecule has 0 spiro atoms. The number of sulfonamides is 1. The van der Waals surface area contributed by atoms with E-state index < -0.39 is 28.5 Å². The van der Waals surface area contributed by atoms with E-state index in [1.54, 1.807) is 43.3 Å². The van der Waals surface area contributed by atoms with Crippen molar-refractivity contribution in [2.45, 2.75) is 44.7 Å². The van der Waals surface area contributed by atoms with Gasteiger partial charge in [0.2, 0.25) is 11.8 Å². The minimum Gasteiger partial charge on any atom is -0.355 e. The predicted octanol–water partition coefficient (Wildman–Crippen LogP) is 5.93. The van der Waals surface area contributed by atoms with Crippen LogP contribution in [-0.2, 0) is 32.6 Å². The Labute approximate surface area is 259 Å². The van der Waals surface area contributed by atoms with Gasteiger partial charge in [0, 0.05) is 24.5 Å². The fourth-order valence-corrected chi connectivity index (χ4v) is 6.58. The van der Waals surface area contributed by atoms with Gasteiger partial charge in [0.25, 0.3) is 10.0 Å². The van der Waals surface area contributed by atoms with Crippen LogP contribution in [0.3, 0.4) is 0 Å². The molecule has 0 fully saturated rings. The molecule has 0 radical (unpaired) electrons. The topological polar surface area (TPSA) is 86.8 Å². The van der Waals surface area contributed by atoms with Crippen LogP contribution >= 0.6 is 11.6 Å². The molecule has 4 aromatic rings. The normalized spacial score (nSPS) is 11.9. The average molecular weight is 618 g/mol. The summed E-state index contributed by atoms with van der Waals surface area (Å²) in [6, 6.07) is 29.1. The van der Waals surface area contributed by atoms with Gasteiger partial charge in [-0.3, -0.25) is 13.9 Å². The number of carbonyl (C=O) groups excluding carboxylic acids is 2. The van der Waals surface area contributed by atoms with E-state index in [1.807, 2.05) is 68.4 Å². The van der Waals surface area contributed by atoms with Crippen LogP contribution in [-0.4, -0.2) is 44.3 Å². The third-order valence-electron chi connectivity index (χ3n) is 7.34. The maximum absolute atomic E-state index is 14.5. The number of aryl methyl sites for hydroxylation is 1. The summed E-state index contributed by atoms with van der Waals surface area (Å²) < 4.78 is 29.3. The van der Waals surface area contributed by atoms with E-state index in [0.29, 0.717) is 17.1 Å². The fourth-order valence-electron chi connectivity index (χ4n) is 4.92. The number of carbonyl (C=O) groups is 2. The van der Waals surface area contributed by atoms with Gasteiger partial charge in [0.15, 0.2) is 0 Å². The van der Waals surface area contributed by atoms with E-state index in [-0.39, 0.29) is 29.5 Å². The molecule has 0 saturated carbocycles. The molecule has 9 heteroatoms. The van der Waals surface area contributed by atoms with Crippen molar-refractivity contribution in [2.75, 3.05) is 17.4 Å². The summed E-state index contributed by atoms with van der Waals surface area (Å²) in [7, 11) is -4.19. The van der Waals surface area contributed by atoms with Crippen molar-refractivity contribution in [3.63, 3.8) is 0 Å². The molecular formula is C34H36ClN3O4S. The number of likely N-dealkylation sites (N-methyl/N-ethyl adjacent to an activating group) is 1. The number of hydrogen-bond donors (Lipinski definition) is 1. The molecule has 0 aliphatic heterocycles. The molecule has 7 nitrogen and oxygen atoms in total. The van der Waals surface area contributed by atoms with Crippen LogP contribution in [0.15, 0.2) is 108 Å². The van der Waals surface area contributed by atoms with Crippen molar-refractivity contribution in [3.8, 4) is 0 Å². The molecule has 2 amide bonds. The minimum atomic E-state index is -4.19. The standard InChI is InChI=1S/C34H36ClN3O4S/c1-4-36-34(40)32(22-27-15-7-5-8-16-27)37(23-28-17-12-11-14-25(28)2)33(39)24-38(31-21-13-20-30(35)26(31)3)43(41,42)29-18-9-6-10-19-29/h5-21,32H,4,22-24H2,1-3H3,(H,36,40)/t32-/m1/s1. The predicted molar refractivity (Wildman–Crippen MR) is 172 cm³/mol. The Balaban J connectivity index is 1.83. The number of hydrogen-bond acceptors (Lipinski definition) is 4. The Hall–Kier alpha value is -4.14. The van der Waals surface area contributed by atoms with Crippen molar-refractivity contribution in [3.05, 3.63) is 130 Å². The van der Waals surface area contributed by atoms with E-state index in [9.17, 15) is 18.0 Å². The number of amides is 2. The highest BCUT2D eigenvalue weighted by Crippen LogP contribution is 2.31. The Bertz CT molecular complexity index is 1660. The summed E-state index contributed by atoms with van der Waals surface area (Å²) in [5, 5.41) is 3.25. The molecule has 0 saturated heterocycles. The zero-order valence-electron chi connectivity index (χ0n) is 24.5. The van der Waals surface area contributed by atoms with Gasteiger partial charge < -0.3 is 10.2 Å². The summed E-state index contributed by atoms with van der Waals surface area (Å²) in [5.41, 5.74) is 3.49. The summed E-state index contributed by atoms with van der Waals surface area (Å²) in [4.78, 5) is 29.6. The van der Waals surface area contributed by atoms with Crippen LogP contribution < -0.4 is 9.62 Å². The van der Waals surface area contributed by atoms with Gasteiger partial charge in [-0.1, -0.05) is 90.5 Å². The molecule has 1 N–H and O–H groups in total. The van der Waals surface area contributed by atoms with Gasteiger partial charge in [-0.05, 0) is 67.3 Å². The molecule has 0 bridgehead atoms. The van der Waals surface area contributed by atoms with Gasteiger partial charge in [0.05, 0.1) is 10.6 Å². The van der Waals surface area contributed by atoms with Gasteiger partial charge in [-0.25, -0.2) is 8.42 Å². The number of nitrogens with one attached hydrogen (secondary N) is 1. The van der Waals surface area contributed by atoms with Crippen LogP contribution in [0, 0.1) is 13.8 Å². The van der Waals surface area contributed by atoms with E-state index in [1.165, 1.54) is 17.0 Å². The Morgan fingerprint density at radius 2 is 1.47 bits per heavy atom. The van der Waals surface area contributed by atoms with Crippen LogP contribution in [0.25, 0.3) is 0 Å². The first-order chi connectivity index (χ1) is 20.6. The second-order valence-electron chi connectivity index (χ2n) is 10.3. The third-order valence-corrected chi connectivity index (χ3v) is 9.53. The molecule has 4 aromatic carbocycles. The highest BCUT2D eigenvalue weighted by Gasteiger charge is 2.35. The molecule has 43 heavy (non-hydrogen) atoms. The third kappa shape index (κ3) is 7.63. The van der Waals surface area contributed by atoms with Crippen molar-refractivity contribution >= 4 is 39.1 Å². The number of halogens is 1. The van der Waals surface area contributed by atoms with Gasteiger partial charge in [-0.2, -0.15) is 0 Å². The molecule has 224 valence electrons. The second-order valence-corrected chi connectivity index (χ2v) is 12.5. The SMILES string of the molecule is CCNC(=O)[C@@H](Cc1ccccc1)N(Cc1ccccc1C)C(=O)CN(c1cccc(Cl)c1C)S(=O)(=O)c1ccccc1. The molecule has 0 aliphatic carbocycles. The maximum Gasteiger partial charge on any atom is 0.264 e. The van der Waals surface area contributed by atoms with Gasteiger partial charge >= 0.3 is 0 Å². The number of anilines is 1. The maximum atomic E-state index is 14.5. The minimum absolute atomic E-state index is 0.0391. The van der Waals surface area contributed by atoms with Crippen LogP contribution in [0.4, 0.5) is 5.69 Å². The summed E-state index contributed by atoms with van der Waals surface area (Å²) in [6.45, 7) is 5.45. The van der Waals surface area contributed by atoms with Gasteiger partial charge in [0.1, 0.15) is 12.6 Å². The lowest BCUT2D eigenvalue weighted by atomic mass is 10.0. The largest absolute Gasteiger partial charge is 0.355 e. The first-order valence-corrected chi connectivity index (χ1v) is 15.9. The zero-order valence-corrected chi connectivity index (χ0v) is 26.1. The molecule has 0 heterocycles.